The summed E-state index contributed by atoms with van der Waals surface area (Å²) >= 11 is 0. The second-order valence-electron chi connectivity index (χ2n) is 5.84. The molecule has 0 aliphatic heterocycles. The molecule has 0 aliphatic rings. The van der Waals surface area contributed by atoms with Crippen molar-refractivity contribution in [3.8, 4) is 17.6 Å². The molecule has 0 N–H and O–H groups in total. The predicted molar refractivity (Wildman–Crippen MR) is 100 cm³/mol. The zero-order valence-electron chi connectivity index (χ0n) is 15.4. The molecular weight excluding hydrogens is 328 g/mol. The zero-order valence-corrected chi connectivity index (χ0v) is 15.4. The summed E-state index contributed by atoms with van der Waals surface area (Å²) in [7, 11) is 1.59. The van der Waals surface area contributed by atoms with Gasteiger partial charge in [-0.2, -0.15) is 5.26 Å². The van der Waals surface area contributed by atoms with Crippen molar-refractivity contribution in [2.24, 2.45) is 0 Å². The van der Waals surface area contributed by atoms with Gasteiger partial charge in [0.1, 0.15) is 0 Å². The van der Waals surface area contributed by atoms with E-state index in [1.54, 1.807) is 19.2 Å². The highest BCUT2D eigenvalue weighted by Gasteiger charge is 2.20. The number of rotatable bonds is 8. The summed E-state index contributed by atoms with van der Waals surface area (Å²) in [5.41, 5.74) is 1.62. The van der Waals surface area contributed by atoms with Gasteiger partial charge < -0.3 is 14.4 Å². The first kappa shape index (κ1) is 19.3. The number of para-hydroxylation sites is 2. The first-order valence-electron chi connectivity index (χ1n) is 8.66. The van der Waals surface area contributed by atoms with Crippen molar-refractivity contribution in [3.63, 3.8) is 0 Å². The van der Waals surface area contributed by atoms with E-state index in [9.17, 15) is 4.79 Å². The van der Waals surface area contributed by atoms with Crippen LogP contribution in [0.3, 0.4) is 0 Å². The Morgan fingerprint density at radius 2 is 1.81 bits per heavy atom. The Morgan fingerprint density at radius 1 is 1.15 bits per heavy atom. The van der Waals surface area contributed by atoms with E-state index in [2.05, 4.69) is 6.07 Å². The SMILES string of the molecule is CCN(C(=O)CCOc1ccccc1OC)C(C)c1ccc(C#N)cc1. The fraction of sp³-hybridized carbons (Fsp3) is 0.333. The van der Waals surface area contributed by atoms with Crippen LogP contribution < -0.4 is 9.47 Å². The van der Waals surface area contributed by atoms with Gasteiger partial charge in [0, 0.05) is 6.54 Å². The van der Waals surface area contributed by atoms with E-state index in [1.807, 2.05) is 55.1 Å². The maximum absolute atomic E-state index is 12.6. The van der Waals surface area contributed by atoms with Crippen LogP contribution >= 0.6 is 0 Å². The van der Waals surface area contributed by atoms with Gasteiger partial charge in [-0.3, -0.25) is 4.79 Å². The van der Waals surface area contributed by atoms with Crippen molar-refractivity contribution < 1.29 is 14.3 Å². The minimum absolute atomic E-state index is 0.0271. The van der Waals surface area contributed by atoms with Crippen molar-refractivity contribution in [3.05, 3.63) is 59.7 Å². The Morgan fingerprint density at radius 3 is 2.38 bits per heavy atom. The van der Waals surface area contributed by atoms with Crippen LogP contribution in [0, 0.1) is 11.3 Å². The van der Waals surface area contributed by atoms with Gasteiger partial charge in [0.15, 0.2) is 11.5 Å². The fourth-order valence-corrected chi connectivity index (χ4v) is 2.81. The number of hydrogen-bond donors (Lipinski definition) is 0. The van der Waals surface area contributed by atoms with Crippen LogP contribution in [-0.2, 0) is 4.79 Å². The van der Waals surface area contributed by atoms with Gasteiger partial charge in [0.05, 0.1) is 37.8 Å². The predicted octanol–water partition coefficient (Wildman–Crippen LogP) is 3.95. The first-order chi connectivity index (χ1) is 12.6. The third kappa shape index (κ3) is 4.76. The Bertz CT molecular complexity index is 766. The summed E-state index contributed by atoms with van der Waals surface area (Å²) < 4.78 is 10.9. The van der Waals surface area contributed by atoms with E-state index in [0.29, 0.717) is 23.6 Å². The molecule has 0 saturated heterocycles. The van der Waals surface area contributed by atoms with Gasteiger partial charge in [0.25, 0.3) is 0 Å². The molecule has 2 aromatic rings. The van der Waals surface area contributed by atoms with Gasteiger partial charge in [0.2, 0.25) is 5.91 Å². The van der Waals surface area contributed by atoms with Crippen molar-refractivity contribution in [2.45, 2.75) is 26.3 Å². The number of carbonyl (C=O) groups excluding carboxylic acids is 1. The molecule has 5 nitrogen and oxygen atoms in total. The molecule has 5 heteroatoms. The smallest absolute Gasteiger partial charge is 0.226 e. The number of nitrogens with zero attached hydrogens (tertiary/aromatic N) is 2. The molecule has 0 bridgehead atoms. The van der Waals surface area contributed by atoms with Gasteiger partial charge in [-0.15, -0.1) is 0 Å². The van der Waals surface area contributed by atoms with Crippen LogP contribution in [0.25, 0.3) is 0 Å². The van der Waals surface area contributed by atoms with E-state index in [-0.39, 0.29) is 25.0 Å². The second kappa shape index (κ2) is 9.47. The summed E-state index contributed by atoms with van der Waals surface area (Å²) in [4.78, 5) is 14.4. The van der Waals surface area contributed by atoms with Crippen LogP contribution in [0.5, 0.6) is 11.5 Å². The summed E-state index contributed by atoms with van der Waals surface area (Å²) in [6.45, 7) is 4.84. The number of hydrogen-bond acceptors (Lipinski definition) is 4. The van der Waals surface area contributed by atoms with E-state index < -0.39 is 0 Å². The number of benzene rings is 2. The quantitative estimate of drug-likeness (QED) is 0.722. The van der Waals surface area contributed by atoms with Gasteiger partial charge in [-0.25, -0.2) is 0 Å². The van der Waals surface area contributed by atoms with Crippen molar-refractivity contribution >= 4 is 5.91 Å². The molecule has 0 aliphatic carbocycles. The largest absolute Gasteiger partial charge is 0.493 e. The standard InChI is InChI=1S/C21H24N2O3/c1-4-23(16(2)18-11-9-17(15-22)10-12-18)21(24)13-14-26-20-8-6-5-7-19(20)25-3/h5-12,16H,4,13-14H2,1-3H3. The average Bonchev–Trinajstić information content (AvgIpc) is 2.69. The lowest BCUT2D eigenvalue weighted by Gasteiger charge is -2.28. The molecule has 0 radical (unpaired) electrons. The lowest BCUT2D eigenvalue weighted by atomic mass is 10.0. The van der Waals surface area contributed by atoms with Crippen LogP contribution in [0.2, 0.25) is 0 Å². The minimum atomic E-state index is -0.0634. The lowest BCUT2D eigenvalue weighted by Crippen LogP contribution is -2.34. The Hall–Kier alpha value is -3.00. The normalized spacial score (nSPS) is 11.3. The summed E-state index contributed by atoms with van der Waals surface area (Å²) in [5.74, 6) is 1.31. The topological polar surface area (TPSA) is 62.6 Å². The number of methoxy groups -OCH3 is 1. The van der Waals surface area contributed by atoms with Crippen LogP contribution in [0.15, 0.2) is 48.5 Å². The molecule has 0 fully saturated rings. The second-order valence-corrected chi connectivity index (χ2v) is 5.84. The van der Waals surface area contributed by atoms with Crippen molar-refractivity contribution in [2.75, 3.05) is 20.3 Å². The zero-order chi connectivity index (χ0) is 18.9. The molecule has 1 amide bonds. The molecule has 0 saturated carbocycles. The number of amides is 1. The van der Waals surface area contributed by atoms with E-state index in [4.69, 9.17) is 14.7 Å². The number of ether oxygens (including phenoxy) is 2. The van der Waals surface area contributed by atoms with Gasteiger partial charge in [-0.1, -0.05) is 24.3 Å². The third-order valence-electron chi connectivity index (χ3n) is 4.29. The van der Waals surface area contributed by atoms with E-state index >= 15 is 0 Å². The molecule has 0 spiro atoms. The van der Waals surface area contributed by atoms with Crippen LogP contribution in [0.4, 0.5) is 0 Å². The molecule has 136 valence electrons. The highest BCUT2D eigenvalue weighted by Crippen LogP contribution is 2.26. The molecule has 0 aromatic heterocycles. The maximum Gasteiger partial charge on any atom is 0.226 e. The van der Waals surface area contributed by atoms with Gasteiger partial charge in [-0.05, 0) is 43.7 Å². The Balaban J connectivity index is 1.96. The summed E-state index contributed by atoms with van der Waals surface area (Å²) in [5, 5.41) is 8.90. The molecule has 1 atom stereocenters. The summed E-state index contributed by atoms with van der Waals surface area (Å²) in [6.07, 6.45) is 0.284. The van der Waals surface area contributed by atoms with Crippen molar-refractivity contribution in [1.29, 1.82) is 5.26 Å². The average molecular weight is 352 g/mol. The highest BCUT2D eigenvalue weighted by atomic mass is 16.5. The van der Waals surface area contributed by atoms with Gasteiger partial charge >= 0.3 is 0 Å². The van der Waals surface area contributed by atoms with E-state index in [1.165, 1.54) is 0 Å². The Kier molecular flexibility index (Phi) is 7.04. The van der Waals surface area contributed by atoms with Crippen LogP contribution in [0.1, 0.15) is 37.4 Å². The van der Waals surface area contributed by atoms with Crippen LogP contribution in [-0.4, -0.2) is 31.1 Å². The first-order valence-corrected chi connectivity index (χ1v) is 8.66. The lowest BCUT2D eigenvalue weighted by molar-refractivity contribution is -0.133. The number of carbonyl (C=O) groups is 1. The number of nitriles is 1. The highest BCUT2D eigenvalue weighted by molar-refractivity contribution is 5.76. The molecular formula is C21H24N2O3. The molecule has 2 aromatic carbocycles. The molecule has 2 rings (SSSR count). The van der Waals surface area contributed by atoms with E-state index in [0.717, 1.165) is 5.56 Å². The monoisotopic (exact) mass is 352 g/mol. The fourth-order valence-electron chi connectivity index (χ4n) is 2.81. The molecule has 1 unspecified atom stereocenters. The molecule has 0 heterocycles. The molecule has 26 heavy (non-hydrogen) atoms. The Labute approximate surface area is 154 Å². The van der Waals surface area contributed by atoms with Crippen molar-refractivity contribution in [1.82, 2.24) is 4.90 Å². The third-order valence-corrected chi connectivity index (χ3v) is 4.29. The maximum atomic E-state index is 12.6. The summed E-state index contributed by atoms with van der Waals surface area (Å²) in [6, 6.07) is 16.8. The minimum Gasteiger partial charge on any atom is -0.493 e.